The highest BCUT2D eigenvalue weighted by atomic mass is 16.5. The Bertz CT molecular complexity index is 656. The second-order valence-corrected chi connectivity index (χ2v) is 4.88. The largest absolute Gasteiger partial charge is 0.489 e. The van der Waals surface area contributed by atoms with Crippen molar-refractivity contribution in [2.24, 2.45) is 0 Å². The van der Waals surface area contributed by atoms with Gasteiger partial charge in [-0.25, -0.2) is 4.79 Å². The van der Waals surface area contributed by atoms with Gasteiger partial charge in [0.1, 0.15) is 11.3 Å². The average Bonchev–Trinajstić information content (AvgIpc) is 2.71. The third kappa shape index (κ3) is 1.19. The van der Waals surface area contributed by atoms with E-state index < -0.39 is 0 Å². The maximum Gasteiger partial charge on any atom is 0.343 e. The van der Waals surface area contributed by atoms with Gasteiger partial charge < -0.3 is 9.15 Å². The molecule has 0 radical (unpaired) electrons. The van der Waals surface area contributed by atoms with E-state index >= 15 is 0 Å². The van der Waals surface area contributed by atoms with Crippen LogP contribution in [0.4, 0.5) is 0 Å². The summed E-state index contributed by atoms with van der Waals surface area (Å²) >= 11 is 0. The summed E-state index contributed by atoms with van der Waals surface area (Å²) in [6.07, 6.45) is 3.35. The lowest BCUT2D eigenvalue weighted by molar-refractivity contribution is 0.194. The van der Waals surface area contributed by atoms with Crippen LogP contribution < -0.4 is 10.4 Å². The zero-order valence-electron chi connectivity index (χ0n) is 9.31. The lowest BCUT2D eigenvalue weighted by Gasteiger charge is -2.23. The van der Waals surface area contributed by atoms with E-state index in [0.717, 1.165) is 36.0 Å². The van der Waals surface area contributed by atoms with Crippen molar-refractivity contribution in [3.05, 3.63) is 40.2 Å². The van der Waals surface area contributed by atoms with Crippen molar-refractivity contribution < 1.29 is 9.15 Å². The summed E-state index contributed by atoms with van der Waals surface area (Å²) in [6, 6.07) is 7.59. The Morgan fingerprint density at radius 1 is 1.18 bits per heavy atom. The molecular weight excluding hydrogens is 216 g/mol. The van der Waals surface area contributed by atoms with Crippen molar-refractivity contribution in [3.63, 3.8) is 0 Å². The van der Waals surface area contributed by atoms with Crippen molar-refractivity contribution in [1.82, 2.24) is 0 Å². The van der Waals surface area contributed by atoms with E-state index in [-0.39, 0.29) is 11.7 Å². The molecule has 1 aromatic heterocycles. The molecule has 1 aliphatic heterocycles. The van der Waals surface area contributed by atoms with Crippen LogP contribution >= 0.6 is 0 Å². The number of hydrogen-bond donors (Lipinski definition) is 0. The molecule has 1 saturated carbocycles. The summed E-state index contributed by atoms with van der Waals surface area (Å²) in [6.45, 7) is 0. The highest BCUT2D eigenvalue weighted by Gasteiger charge is 2.37. The third-order valence-corrected chi connectivity index (χ3v) is 3.88. The molecule has 3 heteroatoms. The smallest absolute Gasteiger partial charge is 0.343 e. The van der Waals surface area contributed by atoms with Crippen LogP contribution in [0.3, 0.4) is 0 Å². The van der Waals surface area contributed by atoms with Gasteiger partial charge >= 0.3 is 5.63 Å². The second kappa shape index (κ2) is 3.13. The maximum atomic E-state index is 12.0. The summed E-state index contributed by atoms with van der Waals surface area (Å²) < 4.78 is 11.3. The summed E-state index contributed by atoms with van der Waals surface area (Å²) in [7, 11) is 0. The van der Waals surface area contributed by atoms with E-state index in [1.54, 1.807) is 0 Å². The van der Waals surface area contributed by atoms with E-state index in [1.165, 1.54) is 0 Å². The van der Waals surface area contributed by atoms with E-state index in [9.17, 15) is 4.79 Å². The fourth-order valence-corrected chi connectivity index (χ4v) is 3.09. The molecule has 0 N–H and O–H groups in total. The molecule has 4 rings (SSSR count). The molecular formula is C14H12O3. The molecule has 1 fully saturated rings. The maximum absolute atomic E-state index is 12.0. The molecule has 2 aliphatic rings. The standard InChI is InChI=1S/C14H12O3/c15-14-12-8-5-6-9(7-8)16-13(12)10-3-1-2-4-11(10)17-14/h1-4,8-9H,5-7H2/t8-,9+/m0/s1. The summed E-state index contributed by atoms with van der Waals surface area (Å²) in [5.74, 6) is 1.11. The predicted molar refractivity (Wildman–Crippen MR) is 63.5 cm³/mol. The number of hydrogen-bond acceptors (Lipinski definition) is 3. The van der Waals surface area contributed by atoms with Crippen molar-refractivity contribution in [2.45, 2.75) is 31.3 Å². The van der Waals surface area contributed by atoms with Gasteiger partial charge in [0.25, 0.3) is 0 Å². The molecule has 1 aromatic carbocycles. The van der Waals surface area contributed by atoms with Crippen LogP contribution in [0, 0.1) is 0 Å². The van der Waals surface area contributed by atoms with Crippen LogP contribution in [0.1, 0.15) is 30.7 Å². The SMILES string of the molecule is O=c1oc2ccccc2c2c1[C@H]1CC[C@H](C1)O2. The molecule has 3 nitrogen and oxygen atoms in total. The molecule has 1 aliphatic carbocycles. The van der Waals surface area contributed by atoms with Gasteiger partial charge in [-0.15, -0.1) is 0 Å². The Balaban J connectivity index is 2.12. The average molecular weight is 228 g/mol. The van der Waals surface area contributed by atoms with Crippen LogP contribution in [-0.2, 0) is 0 Å². The minimum Gasteiger partial charge on any atom is -0.489 e. The number of para-hydroxylation sites is 1. The lowest BCUT2D eigenvalue weighted by atomic mass is 9.95. The fraction of sp³-hybridized carbons (Fsp3) is 0.357. The van der Waals surface area contributed by atoms with Crippen LogP contribution in [0.5, 0.6) is 5.75 Å². The summed E-state index contributed by atoms with van der Waals surface area (Å²) in [5, 5.41) is 0.929. The molecule has 2 aromatic rings. The minimum atomic E-state index is -0.218. The highest BCUT2D eigenvalue weighted by Crippen LogP contribution is 2.46. The quantitative estimate of drug-likeness (QED) is 0.651. The van der Waals surface area contributed by atoms with Crippen LogP contribution in [-0.4, -0.2) is 6.10 Å². The predicted octanol–water partition coefficient (Wildman–Crippen LogP) is 2.82. The normalized spacial score (nSPS) is 25.6. The Labute approximate surface area is 98.0 Å². The highest BCUT2D eigenvalue weighted by molar-refractivity contribution is 5.84. The number of fused-ring (bicyclic) bond motifs is 6. The van der Waals surface area contributed by atoms with E-state index in [0.29, 0.717) is 11.5 Å². The Kier molecular flexibility index (Phi) is 1.71. The van der Waals surface area contributed by atoms with E-state index in [2.05, 4.69) is 0 Å². The van der Waals surface area contributed by atoms with Crippen LogP contribution in [0.2, 0.25) is 0 Å². The first kappa shape index (κ1) is 9.28. The van der Waals surface area contributed by atoms with Gasteiger partial charge in [-0.3, -0.25) is 0 Å². The monoisotopic (exact) mass is 228 g/mol. The molecule has 17 heavy (non-hydrogen) atoms. The zero-order chi connectivity index (χ0) is 11.4. The minimum absolute atomic E-state index is 0.218. The topological polar surface area (TPSA) is 39.4 Å². The number of ether oxygens (including phenoxy) is 1. The first-order valence-corrected chi connectivity index (χ1v) is 6.05. The van der Waals surface area contributed by atoms with Crippen molar-refractivity contribution in [1.29, 1.82) is 0 Å². The summed E-state index contributed by atoms with van der Waals surface area (Å²) in [5.41, 5.74) is 1.17. The number of rotatable bonds is 0. The van der Waals surface area contributed by atoms with Crippen molar-refractivity contribution in [3.8, 4) is 5.75 Å². The molecule has 2 atom stereocenters. The van der Waals surface area contributed by atoms with E-state index in [4.69, 9.17) is 9.15 Å². The lowest BCUT2D eigenvalue weighted by Crippen LogP contribution is -2.23. The Morgan fingerprint density at radius 3 is 3.00 bits per heavy atom. The van der Waals surface area contributed by atoms with Gasteiger partial charge in [0.15, 0.2) is 0 Å². The zero-order valence-corrected chi connectivity index (χ0v) is 9.31. The second-order valence-electron chi connectivity index (χ2n) is 4.88. The molecule has 0 spiro atoms. The molecule has 0 unspecified atom stereocenters. The van der Waals surface area contributed by atoms with Crippen LogP contribution in [0.15, 0.2) is 33.5 Å². The molecule has 2 heterocycles. The van der Waals surface area contributed by atoms with Gasteiger partial charge in [0.2, 0.25) is 0 Å². The first-order chi connectivity index (χ1) is 8.33. The van der Waals surface area contributed by atoms with Crippen molar-refractivity contribution >= 4 is 11.0 Å². The Morgan fingerprint density at radius 2 is 2.06 bits per heavy atom. The first-order valence-electron chi connectivity index (χ1n) is 6.05. The van der Waals surface area contributed by atoms with Gasteiger partial charge in [-0.05, 0) is 37.3 Å². The molecule has 0 saturated heterocycles. The van der Waals surface area contributed by atoms with Crippen molar-refractivity contribution in [2.75, 3.05) is 0 Å². The number of benzene rings is 1. The fourth-order valence-electron chi connectivity index (χ4n) is 3.09. The Hall–Kier alpha value is -1.77. The molecule has 2 bridgehead atoms. The molecule has 86 valence electrons. The van der Waals surface area contributed by atoms with Gasteiger partial charge in [0.05, 0.1) is 17.1 Å². The van der Waals surface area contributed by atoms with Crippen LogP contribution in [0.25, 0.3) is 11.0 Å². The third-order valence-electron chi connectivity index (χ3n) is 3.88. The van der Waals surface area contributed by atoms with Gasteiger partial charge in [-0.2, -0.15) is 0 Å². The van der Waals surface area contributed by atoms with E-state index in [1.807, 2.05) is 24.3 Å². The van der Waals surface area contributed by atoms with Gasteiger partial charge in [0, 0.05) is 0 Å². The van der Waals surface area contributed by atoms with Gasteiger partial charge in [-0.1, -0.05) is 12.1 Å². The molecule has 0 amide bonds. The summed E-state index contributed by atoms with van der Waals surface area (Å²) in [4.78, 5) is 12.0.